The minimum absolute atomic E-state index is 0.0289. The van der Waals surface area contributed by atoms with Crippen LogP contribution in [0.2, 0.25) is 0 Å². The van der Waals surface area contributed by atoms with Gasteiger partial charge in [-0.1, -0.05) is 12.8 Å². The van der Waals surface area contributed by atoms with Gasteiger partial charge in [0.1, 0.15) is 0 Å². The molecule has 0 spiro atoms. The SMILES string of the molecule is NCC1CCCCC1C(=O)NCCC(O)C(=O)O. The van der Waals surface area contributed by atoms with Crippen LogP contribution in [-0.2, 0) is 9.59 Å². The van der Waals surface area contributed by atoms with Crippen LogP contribution in [0.5, 0.6) is 0 Å². The number of hydrogen-bond acceptors (Lipinski definition) is 4. The van der Waals surface area contributed by atoms with E-state index in [1.54, 1.807) is 0 Å². The minimum atomic E-state index is -1.41. The molecule has 3 atom stereocenters. The second-order valence-electron chi connectivity index (χ2n) is 4.82. The number of nitrogens with two attached hydrogens (primary N) is 1. The van der Waals surface area contributed by atoms with Crippen LogP contribution < -0.4 is 11.1 Å². The Labute approximate surface area is 107 Å². The average Bonchev–Trinajstić information content (AvgIpc) is 2.38. The monoisotopic (exact) mass is 258 g/mol. The predicted octanol–water partition coefficient (Wildman–Crippen LogP) is -0.297. The molecule has 0 aromatic heterocycles. The molecule has 3 unspecified atom stereocenters. The first-order valence-corrected chi connectivity index (χ1v) is 6.45. The number of carboxylic acid groups (broad SMARTS) is 1. The van der Waals surface area contributed by atoms with E-state index in [0.29, 0.717) is 6.54 Å². The van der Waals surface area contributed by atoms with Gasteiger partial charge in [-0.2, -0.15) is 0 Å². The topological polar surface area (TPSA) is 113 Å². The fourth-order valence-electron chi connectivity index (χ4n) is 2.42. The Morgan fingerprint density at radius 1 is 1.33 bits per heavy atom. The first-order valence-electron chi connectivity index (χ1n) is 6.45. The Morgan fingerprint density at radius 2 is 2.00 bits per heavy atom. The second-order valence-corrected chi connectivity index (χ2v) is 4.82. The summed E-state index contributed by atoms with van der Waals surface area (Å²) in [7, 11) is 0. The fourth-order valence-corrected chi connectivity index (χ4v) is 2.42. The molecule has 18 heavy (non-hydrogen) atoms. The van der Waals surface area contributed by atoms with Crippen molar-refractivity contribution in [3.8, 4) is 0 Å². The van der Waals surface area contributed by atoms with Gasteiger partial charge in [0.15, 0.2) is 6.10 Å². The van der Waals surface area contributed by atoms with Crippen molar-refractivity contribution < 1.29 is 19.8 Å². The van der Waals surface area contributed by atoms with Gasteiger partial charge < -0.3 is 21.3 Å². The van der Waals surface area contributed by atoms with Crippen molar-refractivity contribution in [1.82, 2.24) is 5.32 Å². The highest BCUT2D eigenvalue weighted by Crippen LogP contribution is 2.29. The number of hydrogen-bond donors (Lipinski definition) is 4. The Morgan fingerprint density at radius 3 is 2.61 bits per heavy atom. The Balaban J connectivity index is 2.33. The summed E-state index contributed by atoms with van der Waals surface area (Å²) >= 11 is 0. The van der Waals surface area contributed by atoms with E-state index in [-0.39, 0.29) is 30.7 Å². The minimum Gasteiger partial charge on any atom is -0.479 e. The lowest BCUT2D eigenvalue weighted by atomic mass is 9.79. The van der Waals surface area contributed by atoms with Crippen LogP contribution in [0.3, 0.4) is 0 Å². The van der Waals surface area contributed by atoms with E-state index < -0.39 is 12.1 Å². The van der Waals surface area contributed by atoms with Crippen molar-refractivity contribution >= 4 is 11.9 Å². The van der Waals surface area contributed by atoms with E-state index in [1.807, 2.05) is 0 Å². The lowest BCUT2D eigenvalue weighted by molar-refractivity contribution is -0.147. The van der Waals surface area contributed by atoms with Gasteiger partial charge >= 0.3 is 5.97 Å². The van der Waals surface area contributed by atoms with E-state index in [1.165, 1.54) is 0 Å². The van der Waals surface area contributed by atoms with Gasteiger partial charge in [0, 0.05) is 18.9 Å². The molecule has 104 valence electrons. The van der Waals surface area contributed by atoms with Crippen molar-refractivity contribution in [1.29, 1.82) is 0 Å². The molecule has 1 aliphatic rings. The molecular weight excluding hydrogens is 236 g/mol. The molecule has 0 bridgehead atoms. The largest absolute Gasteiger partial charge is 0.479 e. The molecule has 0 heterocycles. The first-order chi connectivity index (χ1) is 8.56. The zero-order valence-electron chi connectivity index (χ0n) is 10.5. The van der Waals surface area contributed by atoms with E-state index in [0.717, 1.165) is 25.7 Å². The maximum absolute atomic E-state index is 11.9. The van der Waals surface area contributed by atoms with Crippen LogP contribution in [0.4, 0.5) is 0 Å². The highest BCUT2D eigenvalue weighted by molar-refractivity contribution is 5.79. The molecule has 0 aromatic carbocycles. The third kappa shape index (κ3) is 4.27. The second kappa shape index (κ2) is 7.33. The Kier molecular flexibility index (Phi) is 6.07. The van der Waals surface area contributed by atoms with E-state index >= 15 is 0 Å². The molecule has 0 aliphatic heterocycles. The lowest BCUT2D eigenvalue weighted by Gasteiger charge is -2.29. The van der Waals surface area contributed by atoms with Gasteiger partial charge in [-0.25, -0.2) is 4.79 Å². The third-order valence-electron chi connectivity index (χ3n) is 3.55. The lowest BCUT2D eigenvalue weighted by Crippen LogP contribution is -2.40. The number of carboxylic acids is 1. The normalized spacial score (nSPS) is 25.4. The number of rotatable bonds is 6. The molecule has 1 fully saturated rings. The van der Waals surface area contributed by atoms with Crippen molar-refractivity contribution in [2.75, 3.05) is 13.1 Å². The Bertz CT molecular complexity index is 296. The number of aliphatic hydroxyl groups excluding tert-OH is 1. The van der Waals surface area contributed by atoms with E-state index in [9.17, 15) is 9.59 Å². The van der Waals surface area contributed by atoms with Gasteiger partial charge in [0.25, 0.3) is 0 Å². The molecule has 1 aliphatic carbocycles. The summed E-state index contributed by atoms with van der Waals surface area (Å²) in [6, 6.07) is 0. The Hall–Kier alpha value is -1.14. The summed E-state index contributed by atoms with van der Waals surface area (Å²) < 4.78 is 0. The molecule has 5 N–H and O–H groups in total. The number of aliphatic carboxylic acids is 1. The predicted molar refractivity (Wildman–Crippen MR) is 65.8 cm³/mol. The van der Waals surface area contributed by atoms with Crippen LogP contribution in [0, 0.1) is 11.8 Å². The summed E-state index contributed by atoms with van der Waals surface area (Å²) in [5.74, 6) is -1.17. The maximum atomic E-state index is 11.9. The van der Waals surface area contributed by atoms with Crippen molar-refractivity contribution in [2.45, 2.75) is 38.2 Å². The standard InChI is InChI=1S/C12H22N2O4/c13-7-8-3-1-2-4-9(8)11(16)14-6-5-10(15)12(17)18/h8-10,15H,1-7,13H2,(H,14,16)(H,17,18). The summed E-state index contributed by atoms with van der Waals surface area (Å²) in [6.07, 6.45) is 2.58. The van der Waals surface area contributed by atoms with Crippen LogP contribution in [0.1, 0.15) is 32.1 Å². The highest BCUT2D eigenvalue weighted by atomic mass is 16.4. The van der Waals surface area contributed by atoms with Gasteiger partial charge in [-0.3, -0.25) is 4.79 Å². The number of carbonyl (C=O) groups is 2. The average molecular weight is 258 g/mol. The number of amides is 1. The number of aliphatic hydroxyl groups is 1. The van der Waals surface area contributed by atoms with Crippen molar-refractivity contribution in [3.05, 3.63) is 0 Å². The van der Waals surface area contributed by atoms with Crippen LogP contribution in [-0.4, -0.2) is 41.3 Å². The van der Waals surface area contributed by atoms with Gasteiger partial charge in [-0.05, 0) is 25.3 Å². The highest BCUT2D eigenvalue weighted by Gasteiger charge is 2.29. The molecule has 1 rings (SSSR count). The summed E-state index contributed by atoms with van der Waals surface area (Å²) in [5.41, 5.74) is 5.65. The third-order valence-corrected chi connectivity index (χ3v) is 3.55. The first kappa shape index (κ1) is 14.9. The van der Waals surface area contributed by atoms with Crippen LogP contribution >= 0.6 is 0 Å². The zero-order valence-corrected chi connectivity index (χ0v) is 10.5. The van der Waals surface area contributed by atoms with Gasteiger partial charge in [0.05, 0.1) is 0 Å². The molecule has 0 saturated heterocycles. The van der Waals surface area contributed by atoms with Gasteiger partial charge in [0.2, 0.25) is 5.91 Å². The summed E-state index contributed by atoms with van der Waals surface area (Å²) in [4.78, 5) is 22.3. The number of nitrogens with one attached hydrogen (secondary N) is 1. The molecule has 1 amide bonds. The van der Waals surface area contributed by atoms with Crippen molar-refractivity contribution in [2.24, 2.45) is 17.6 Å². The molecule has 0 radical (unpaired) electrons. The summed E-state index contributed by atoms with van der Waals surface area (Å²) in [5, 5.41) is 20.3. The zero-order chi connectivity index (χ0) is 13.5. The summed E-state index contributed by atoms with van der Waals surface area (Å²) in [6.45, 7) is 0.690. The van der Waals surface area contributed by atoms with Crippen LogP contribution in [0.25, 0.3) is 0 Å². The van der Waals surface area contributed by atoms with E-state index in [2.05, 4.69) is 5.32 Å². The molecular formula is C12H22N2O4. The van der Waals surface area contributed by atoms with Gasteiger partial charge in [-0.15, -0.1) is 0 Å². The number of carbonyl (C=O) groups excluding carboxylic acids is 1. The quantitative estimate of drug-likeness (QED) is 0.522. The van der Waals surface area contributed by atoms with Crippen LogP contribution in [0.15, 0.2) is 0 Å². The smallest absolute Gasteiger partial charge is 0.332 e. The van der Waals surface area contributed by atoms with E-state index in [4.69, 9.17) is 15.9 Å². The molecule has 6 heteroatoms. The maximum Gasteiger partial charge on any atom is 0.332 e. The fraction of sp³-hybridized carbons (Fsp3) is 0.833. The van der Waals surface area contributed by atoms with Crippen molar-refractivity contribution in [3.63, 3.8) is 0 Å². The molecule has 0 aromatic rings. The molecule has 1 saturated carbocycles. The molecule has 6 nitrogen and oxygen atoms in total.